The maximum absolute atomic E-state index is 12.0. The van der Waals surface area contributed by atoms with Gasteiger partial charge in [0.05, 0.1) is 19.5 Å². The Kier molecular flexibility index (Phi) is 8.19. The van der Waals surface area contributed by atoms with Gasteiger partial charge >= 0.3 is 5.97 Å². The number of fused-ring (bicyclic) bond motifs is 1. The zero-order valence-corrected chi connectivity index (χ0v) is 18.9. The van der Waals surface area contributed by atoms with Crippen LogP contribution in [0.5, 0.6) is 0 Å². The average molecular weight is 501 g/mol. The molecular formula is C22H21ClN6O6. The first-order chi connectivity index (χ1) is 16.7. The van der Waals surface area contributed by atoms with Gasteiger partial charge in [0.25, 0.3) is 5.60 Å². The van der Waals surface area contributed by atoms with Gasteiger partial charge in [-0.15, -0.1) is 6.42 Å². The second kappa shape index (κ2) is 11.1. The maximum atomic E-state index is 12.0. The van der Waals surface area contributed by atoms with E-state index in [0.717, 1.165) is 0 Å². The van der Waals surface area contributed by atoms with E-state index in [2.05, 4.69) is 20.9 Å². The van der Waals surface area contributed by atoms with Gasteiger partial charge in [0.2, 0.25) is 5.28 Å². The maximum Gasteiger partial charge on any atom is 0.351 e. The van der Waals surface area contributed by atoms with Crippen LogP contribution in [-0.2, 0) is 20.7 Å². The molecule has 4 atom stereocenters. The molecule has 0 saturated carbocycles. The lowest BCUT2D eigenvalue weighted by atomic mass is 9.95. The molecule has 1 aromatic carbocycles. The molecule has 0 bridgehead atoms. The molecule has 5 N–H and O–H groups in total. The highest BCUT2D eigenvalue weighted by Gasteiger charge is 2.41. The van der Waals surface area contributed by atoms with Gasteiger partial charge in [0.1, 0.15) is 17.7 Å². The van der Waals surface area contributed by atoms with Gasteiger partial charge in [0, 0.05) is 6.42 Å². The summed E-state index contributed by atoms with van der Waals surface area (Å²) in [7, 11) is 0. The van der Waals surface area contributed by atoms with Crippen molar-refractivity contribution in [3.63, 3.8) is 0 Å². The number of ether oxygens (including phenoxy) is 2. The molecule has 0 saturated heterocycles. The van der Waals surface area contributed by atoms with Crippen molar-refractivity contribution >= 4 is 34.6 Å². The molecule has 3 rings (SSSR count). The molecular weight excluding hydrogens is 480 g/mol. The van der Waals surface area contributed by atoms with Crippen LogP contribution in [-0.4, -0.2) is 71.8 Å². The zero-order valence-electron chi connectivity index (χ0n) is 18.2. The Balaban J connectivity index is 1.86. The summed E-state index contributed by atoms with van der Waals surface area (Å²) in [5.41, 5.74) is 4.37. The number of aliphatic hydroxyl groups excluding tert-OH is 2. The van der Waals surface area contributed by atoms with Gasteiger partial charge in [-0.3, -0.25) is 4.57 Å². The number of aromatic nitrogens is 4. The number of anilines is 1. The molecule has 13 heteroatoms. The lowest BCUT2D eigenvalue weighted by Gasteiger charge is -2.29. The Hall–Kier alpha value is -3.78. The van der Waals surface area contributed by atoms with Crippen molar-refractivity contribution < 1.29 is 29.6 Å². The number of carboxylic acids is 1. The number of hydrogen-bond donors (Lipinski definition) is 4. The van der Waals surface area contributed by atoms with E-state index in [1.807, 2.05) is 0 Å². The molecule has 12 nitrogen and oxygen atoms in total. The second-order valence-corrected chi connectivity index (χ2v) is 7.70. The molecule has 0 unspecified atom stereocenters. The molecule has 0 radical (unpaired) electrons. The van der Waals surface area contributed by atoms with Crippen molar-refractivity contribution in [2.75, 3.05) is 18.9 Å². The predicted molar refractivity (Wildman–Crippen MR) is 123 cm³/mol. The van der Waals surface area contributed by atoms with Crippen LogP contribution in [0, 0.1) is 23.7 Å². The van der Waals surface area contributed by atoms with Crippen molar-refractivity contribution in [3.8, 4) is 18.4 Å². The molecule has 0 amide bonds. The normalized spacial score (nSPS) is 15.5. The third kappa shape index (κ3) is 5.66. The summed E-state index contributed by atoms with van der Waals surface area (Å²) in [6.07, 6.45) is 2.24. The Labute approximate surface area is 204 Å². The quantitative estimate of drug-likeness (QED) is 0.212. The van der Waals surface area contributed by atoms with Crippen LogP contribution in [0.2, 0.25) is 5.28 Å². The number of aliphatic hydroxyl groups is 2. The topological polar surface area (TPSA) is 190 Å². The third-order valence-corrected chi connectivity index (χ3v) is 5.18. The minimum absolute atomic E-state index is 0.0177. The van der Waals surface area contributed by atoms with Crippen molar-refractivity contribution in [3.05, 3.63) is 47.5 Å². The lowest BCUT2D eigenvalue weighted by molar-refractivity contribution is -0.173. The predicted octanol–water partition coefficient (Wildman–Crippen LogP) is 0.538. The van der Waals surface area contributed by atoms with Crippen LogP contribution in [0.25, 0.3) is 11.2 Å². The van der Waals surface area contributed by atoms with Gasteiger partial charge in [-0.05, 0) is 17.2 Å². The molecule has 3 aromatic rings. The molecule has 35 heavy (non-hydrogen) atoms. The Morgan fingerprint density at radius 3 is 2.66 bits per heavy atom. The van der Waals surface area contributed by atoms with Crippen molar-refractivity contribution in [2.24, 2.45) is 0 Å². The van der Waals surface area contributed by atoms with E-state index in [4.69, 9.17) is 33.2 Å². The van der Waals surface area contributed by atoms with Crippen LogP contribution in [0.15, 0.2) is 36.7 Å². The average Bonchev–Trinajstić information content (AvgIpc) is 3.27. The smallest absolute Gasteiger partial charge is 0.351 e. The van der Waals surface area contributed by atoms with Gasteiger partial charge < -0.3 is 30.5 Å². The first-order valence-electron chi connectivity index (χ1n) is 10.1. The molecule has 0 aliphatic rings. The summed E-state index contributed by atoms with van der Waals surface area (Å²) in [6.45, 7) is -1.19. The highest BCUT2D eigenvalue weighted by molar-refractivity contribution is 6.28. The number of carboxylic acid groups (broad SMARTS) is 1. The van der Waals surface area contributed by atoms with E-state index in [9.17, 15) is 25.4 Å². The molecule has 0 fully saturated rings. The van der Waals surface area contributed by atoms with Crippen molar-refractivity contribution in [1.82, 2.24) is 19.5 Å². The first-order valence-corrected chi connectivity index (χ1v) is 10.5. The summed E-state index contributed by atoms with van der Waals surface area (Å²) in [4.78, 5) is 23.9. The van der Waals surface area contributed by atoms with E-state index < -0.39 is 43.2 Å². The number of carbonyl (C=O) groups is 1. The van der Waals surface area contributed by atoms with Gasteiger partial charge in [-0.1, -0.05) is 36.3 Å². The number of imidazole rings is 1. The largest absolute Gasteiger partial charge is 0.478 e. The third-order valence-electron chi connectivity index (χ3n) is 5.01. The molecule has 2 aromatic heterocycles. The van der Waals surface area contributed by atoms with Gasteiger partial charge in [-0.25, -0.2) is 9.78 Å². The number of nitrogen functional groups attached to an aromatic ring is 1. The number of benzene rings is 1. The van der Waals surface area contributed by atoms with E-state index in [1.165, 1.54) is 10.9 Å². The lowest BCUT2D eigenvalue weighted by Crippen LogP contribution is -2.45. The Morgan fingerprint density at radius 2 is 2.06 bits per heavy atom. The fraction of sp³-hybridized carbons (Fsp3) is 0.318. The zero-order chi connectivity index (χ0) is 25.6. The molecule has 0 spiro atoms. The van der Waals surface area contributed by atoms with E-state index >= 15 is 0 Å². The van der Waals surface area contributed by atoms with Crippen LogP contribution in [0.4, 0.5) is 5.82 Å². The number of nitriles is 1. The monoisotopic (exact) mass is 500 g/mol. The standard InChI is InChI=1S/C22H21ClN6O6/c1-2-15(31)19(29-12-26-16-17(25)27-21(23)28-18(16)29)35-14(9-30)10-34-22(11-24,20(32)33)8-13-6-4-3-5-7-13/h1,3-7,12,14-15,19,30-31H,8-10H2,(H,32,33)(H2,25,27,28)/t14-,15+,19+,22-/m0/s1. The number of hydrogen-bond acceptors (Lipinski definition) is 10. The van der Waals surface area contributed by atoms with E-state index in [1.54, 1.807) is 36.4 Å². The molecule has 2 heterocycles. The highest BCUT2D eigenvalue weighted by atomic mass is 35.5. The fourth-order valence-electron chi connectivity index (χ4n) is 3.23. The Bertz CT molecular complexity index is 1270. The van der Waals surface area contributed by atoms with E-state index in [0.29, 0.717) is 5.56 Å². The highest BCUT2D eigenvalue weighted by Crippen LogP contribution is 2.26. The van der Waals surface area contributed by atoms with Gasteiger partial charge in [-0.2, -0.15) is 15.2 Å². The Morgan fingerprint density at radius 1 is 1.34 bits per heavy atom. The van der Waals surface area contributed by atoms with Crippen LogP contribution < -0.4 is 5.73 Å². The molecule has 0 aliphatic heterocycles. The number of terminal acetylenes is 1. The summed E-state index contributed by atoms with van der Waals surface area (Å²) in [5, 5.41) is 39.5. The first kappa shape index (κ1) is 25.8. The molecule has 0 aliphatic carbocycles. The van der Waals surface area contributed by atoms with Crippen LogP contribution in [0.3, 0.4) is 0 Å². The number of nitrogens with zero attached hydrogens (tertiary/aromatic N) is 5. The SMILES string of the molecule is C#C[C@@H](O)[C@@H](O[C@@H](CO)CO[C@](C#N)(Cc1ccccc1)C(=O)O)n1cnc2c(N)nc(Cl)nc21. The molecule has 182 valence electrons. The fourth-order valence-corrected chi connectivity index (χ4v) is 3.40. The second-order valence-electron chi connectivity index (χ2n) is 7.36. The van der Waals surface area contributed by atoms with E-state index in [-0.39, 0.29) is 28.7 Å². The minimum atomic E-state index is -2.25. The van der Waals surface area contributed by atoms with Gasteiger partial charge in [0.15, 0.2) is 23.8 Å². The minimum Gasteiger partial charge on any atom is -0.478 e. The summed E-state index contributed by atoms with van der Waals surface area (Å²) >= 11 is 5.88. The summed E-state index contributed by atoms with van der Waals surface area (Å²) < 4.78 is 12.5. The number of rotatable bonds is 11. The number of halogens is 1. The van der Waals surface area contributed by atoms with Crippen molar-refractivity contribution in [2.45, 2.75) is 30.5 Å². The van der Waals surface area contributed by atoms with Crippen LogP contribution in [0.1, 0.15) is 11.8 Å². The summed E-state index contributed by atoms with van der Waals surface area (Å²) in [5.74, 6) is 0.588. The summed E-state index contributed by atoms with van der Waals surface area (Å²) in [6, 6.07) is 10.1. The number of aliphatic carboxylic acids is 1. The number of nitrogens with two attached hydrogens (primary N) is 1. The van der Waals surface area contributed by atoms with Crippen molar-refractivity contribution in [1.29, 1.82) is 5.26 Å². The van der Waals surface area contributed by atoms with Crippen LogP contribution >= 0.6 is 11.6 Å².